The number of rotatable bonds is 2. The highest BCUT2D eigenvalue weighted by molar-refractivity contribution is 9.12. The Morgan fingerprint density at radius 2 is 2.36 bits per heavy atom. The van der Waals surface area contributed by atoms with Gasteiger partial charge in [-0.1, -0.05) is 26.2 Å². The fourth-order valence-corrected chi connectivity index (χ4v) is 2.24. The number of carbonyl (C=O) groups is 1. The molecule has 0 saturated heterocycles. The van der Waals surface area contributed by atoms with E-state index in [1.165, 1.54) is 19.3 Å². The van der Waals surface area contributed by atoms with E-state index in [-0.39, 0.29) is 5.91 Å². The van der Waals surface area contributed by atoms with Crippen LogP contribution in [0.3, 0.4) is 0 Å². The van der Waals surface area contributed by atoms with Gasteiger partial charge in [0.25, 0.3) is 5.91 Å². The summed E-state index contributed by atoms with van der Waals surface area (Å²) in [6.45, 7) is 2.22. The van der Waals surface area contributed by atoms with Crippen LogP contribution in [-0.2, 0) is 4.79 Å². The van der Waals surface area contributed by atoms with Crippen LogP contribution < -0.4 is 5.32 Å². The predicted molar refractivity (Wildman–Crippen MR) is 60.9 cm³/mol. The second-order valence-electron chi connectivity index (χ2n) is 3.83. The van der Waals surface area contributed by atoms with E-state index in [2.05, 4.69) is 38.9 Å². The highest BCUT2D eigenvalue weighted by Crippen LogP contribution is 2.26. The fraction of sp³-hybridized carbons (Fsp3) is 0.727. The Labute approximate surface area is 94.0 Å². The fourth-order valence-electron chi connectivity index (χ4n) is 2.06. The molecule has 1 aliphatic carbocycles. The van der Waals surface area contributed by atoms with Crippen LogP contribution in [0.5, 0.6) is 0 Å². The van der Waals surface area contributed by atoms with Crippen LogP contribution in [0.2, 0.25) is 0 Å². The monoisotopic (exact) mass is 257 g/mol. The zero-order chi connectivity index (χ0) is 10.4. The van der Waals surface area contributed by atoms with Gasteiger partial charge in [-0.2, -0.15) is 0 Å². The summed E-state index contributed by atoms with van der Waals surface area (Å²) >= 11 is 2.92. The van der Waals surface area contributed by atoms with Crippen molar-refractivity contribution in [3.8, 4) is 10.8 Å². The third-order valence-corrected chi connectivity index (χ3v) is 3.05. The molecule has 14 heavy (non-hydrogen) atoms. The van der Waals surface area contributed by atoms with Crippen molar-refractivity contribution < 1.29 is 4.79 Å². The van der Waals surface area contributed by atoms with Crippen molar-refractivity contribution >= 4 is 21.8 Å². The SMILES string of the molecule is CCC1CCCC(NC(=O)C#CBr)C1. The van der Waals surface area contributed by atoms with Gasteiger partial charge in [0, 0.05) is 27.9 Å². The molecule has 0 bridgehead atoms. The van der Waals surface area contributed by atoms with E-state index in [1.54, 1.807) is 0 Å². The van der Waals surface area contributed by atoms with E-state index >= 15 is 0 Å². The number of halogens is 1. The summed E-state index contributed by atoms with van der Waals surface area (Å²) in [5, 5.41) is 2.94. The molecule has 2 nitrogen and oxygen atoms in total. The molecule has 3 heteroatoms. The molecular formula is C11H16BrNO. The Bertz CT molecular complexity index is 254. The lowest BCUT2D eigenvalue weighted by Crippen LogP contribution is -2.37. The molecule has 1 N–H and O–H groups in total. The largest absolute Gasteiger partial charge is 0.342 e. The Morgan fingerprint density at radius 1 is 1.57 bits per heavy atom. The standard InChI is InChI=1S/C11H16BrNO/c1-2-9-4-3-5-10(8-9)13-11(14)6-7-12/h9-10H,2-5,8H2,1H3,(H,13,14). The quantitative estimate of drug-likeness (QED) is 0.757. The van der Waals surface area contributed by atoms with Gasteiger partial charge in [-0.25, -0.2) is 0 Å². The molecule has 1 saturated carbocycles. The van der Waals surface area contributed by atoms with Gasteiger partial charge in [0.15, 0.2) is 0 Å². The van der Waals surface area contributed by atoms with Crippen LogP contribution in [0.15, 0.2) is 0 Å². The topological polar surface area (TPSA) is 29.1 Å². The van der Waals surface area contributed by atoms with Crippen molar-refractivity contribution in [2.75, 3.05) is 0 Å². The van der Waals surface area contributed by atoms with E-state index in [4.69, 9.17) is 0 Å². The first-order chi connectivity index (χ1) is 6.76. The van der Waals surface area contributed by atoms with Gasteiger partial charge in [0.2, 0.25) is 0 Å². The van der Waals surface area contributed by atoms with Crippen molar-refractivity contribution in [3.05, 3.63) is 0 Å². The lowest BCUT2D eigenvalue weighted by atomic mass is 9.84. The van der Waals surface area contributed by atoms with E-state index in [9.17, 15) is 4.79 Å². The maximum atomic E-state index is 11.2. The Kier molecular flexibility index (Phi) is 5.03. The normalized spacial score (nSPS) is 26.1. The highest BCUT2D eigenvalue weighted by Gasteiger charge is 2.21. The van der Waals surface area contributed by atoms with Crippen LogP contribution in [0.25, 0.3) is 0 Å². The summed E-state index contributed by atoms with van der Waals surface area (Å²) in [5.74, 6) is 3.06. The molecule has 0 aliphatic heterocycles. The van der Waals surface area contributed by atoms with Crippen molar-refractivity contribution in [1.82, 2.24) is 5.32 Å². The second kappa shape index (κ2) is 6.08. The number of hydrogen-bond acceptors (Lipinski definition) is 1. The number of hydrogen-bond donors (Lipinski definition) is 1. The molecule has 0 heterocycles. The van der Waals surface area contributed by atoms with E-state index in [0.29, 0.717) is 6.04 Å². The van der Waals surface area contributed by atoms with Crippen LogP contribution in [0, 0.1) is 16.7 Å². The minimum Gasteiger partial charge on any atom is -0.342 e. The van der Waals surface area contributed by atoms with Gasteiger partial charge in [-0.3, -0.25) is 4.79 Å². The third kappa shape index (κ3) is 3.71. The van der Waals surface area contributed by atoms with Crippen molar-refractivity contribution in [1.29, 1.82) is 0 Å². The lowest BCUT2D eigenvalue weighted by molar-refractivity contribution is -0.116. The maximum absolute atomic E-state index is 11.2. The average Bonchev–Trinajstić information content (AvgIpc) is 2.18. The highest BCUT2D eigenvalue weighted by atomic mass is 79.9. The van der Waals surface area contributed by atoms with Crippen LogP contribution >= 0.6 is 15.9 Å². The first-order valence-corrected chi connectivity index (χ1v) is 5.97. The molecule has 0 spiro atoms. The average molecular weight is 258 g/mol. The number of nitrogens with one attached hydrogen (secondary N) is 1. The molecule has 2 unspecified atom stereocenters. The van der Waals surface area contributed by atoms with E-state index < -0.39 is 0 Å². The zero-order valence-corrected chi connectivity index (χ0v) is 10.1. The minimum atomic E-state index is -0.163. The summed E-state index contributed by atoms with van der Waals surface area (Å²) in [6, 6.07) is 0.342. The van der Waals surface area contributed by atoms with E-state index in [1.807, 2.05) is 0 Å². The molecular weight excluding hydrogens is 242 g/mol. The zero-order valence-electron chi connectivity index (χ0n) is 8.48. The maximum Gasteiger partial charge on any atom is 0.296 e. The summed E-state index contributed by atoms with van der Waals surface area (Å²) in [4.78, 5) is 13.6. The first kappa shape index (κ1) is 11.6. The molecule has 1 fully saturated rings. The van der Waals surface area contributed by atoms with Crippen LogP contribution in [0.1, 0.15) is 39.0 Å². The van der Waals surface area contributed by atoms with Crippen molar-refractivity contribution in [2.24, 2.45) is 5.92 Å². The van der Waals surface area contributed by atoms with Crippen LogP contribution in [-0.4, -0.2) is 11.9 Å². The molecule has 0 aromatic heterocycles. The molecule has 2 atom stereocenters. The van der Waals surface area contributed by atoms with Gasteiger partial charge in [0.05, 0.1) is 0 Å². The second-order valence-corrected chi connectivity index (χ2v) is 4.23. The Balaban J connectivity index is 2.36. The summed E-state index contributed by atoms with van der Waals surface area (Å²) in [7, 11) is 0. The number of carbonyl (C=O) groups excluding carboxylic acids is 1. The Morgan fingerprint density at radius 3 is 3.00 bits per heavy atom. The minimum absolute atomic E-state index is 0.163. The molecule has 0 aromatic rings. The van der Waals surface area contributed by atoms with Gasteiger partial charge >= 0.3 is 0 Å². The van der Waals surface area contributed by atoms with Crippen molar-refractivity contribution in [3.63, 3.8) is 0 Å². The molecule has 78 valence electrons. The molecule has 0 aromatic carbocycles. The van der Waals surface area contributed by atoms with E-state index in [0.717, 1.165) is 18.8 Å². The first-order valence-electron chi connectivity index (χ1n) is 5.18. The summed E-state index contributed by atoms with van der Waals surface area (Å²) < 4.78 is 0. The predicted octanol–water partition coefficient (Wildman–Crippen LogP) is 2.43. The smallest absolute Gasteiger partial charge is 0.296 e. The van der Waals surface area contributed by atoms with Gasteiger partial charge in [-0.05, 0) is 23.6 Å². The third-order valence-electron chi connectivity index (χ3n) is 2.86. The molecule has 1 rings (SSSR count). The number of amides is 1. The van der Waals surface area contributed by atoms with Gasteiger partial charge in [0.1, 0.15) is 0 Å². The molecule has 1 amide bonds. The molecule has 1 aliphatic rings. The Hall–Kier alpha value is -0.490. The lowest BCUT2D eigenvalue weighted by Gasteiger charge is -2.28. The summed E-state index contributed by atoms with van der Waals surface area (Å²) in [5.41, 5.74) is 0. The van der Waals surface area contributed by atoms with Crippen LogP contribution in [0.4, 0.5) is 0 Å². The van der Waals surface area contributed by atoms with Crippen molar-refractivity contribution in [2.45, 2.75) is 45.1 Å². The van der Waals surface area contributed by atoms with Gasteiger partial charge < -0.3 is 5.32 Å². The summed E-state index contributed by atoms with van der Waals surface area (Å²) in [6.07, 6.45) is 5.98. The molecule has 0 radical (unpaired) electrons. The van der Waals surface area contributed by atoms with Gasteiger partial charge in [-0.15, -0.1) is 0 Å².